The quantitative estimate of drug-likeness (QED) is 0.113. The Kier molecular flexibility index (Phi) is 10.9. The maximum Gasteiger partial charge on any atom is 0.325 e. The molecule has 0 saturated carbocycles. The van der Waals surface area contributed by atoms with E-state index in [0.29, 0.717) is 19.3 Å². The number of nitrogens with zero attached hydrogens (tertiary/aromatic N) is 1. The van der Waals surface area contributed by atoms with Crippen molar-refractivity contribution in [1.29, 1.82) is 0 Å². The van der Waals surface area contributed by atoms with Crippen LogP contribution in [0.15, 0.2) is 0 Å². The van der Waals surface area contributed by atoms with Gasteiger partial charge in [0, 0.05) is 0 Å². The maximum atomic E-state index is 14.5. The molecule has 2 saturated heterocycles. The Morgan fingerprint density at radius 3 is 2.47 bits per heavy atom. The number of carbonyl (C=O) groups excluding carboxylic acids is 2. The SMILES string of the molecule is C[C@H](NC(=O)[C@H](C)N1CN[C@@H](CCCCNCC(F)(F)[C@@H]2O[C@H](CO)[C@H](O)[C@H](O)[C@H]2O)C1=O)C(=O)O. The smallest absolute Gasteiger partial charge is 0.325 e. The van der Waals surface area contributed by atoms with Crippen LogP contribution in [-0.2, 0) is 19.1 Å². The van der Waals surface area contributed by atoms with Gasteiger partial charge in [0.2, 0.25) is 11.8 Å². The lowest BCUT2D eigenvalue weighted by molar-refractivity contribution is -0.278. The standard InChI is InChI=1S/C21H36F2N4O9/c1-10(20(34)35)26-18(32)11(2)27-9-25-12(19(27)33)5-3-4-6-24-8-21(22,23)17-16(31)15(30)14(29)13(7-28)36-17/h10-17,24-25,28-31H,3-9H2,1-2H3,(H,26,32)(H,34,35)/t10-,11-,12-,13+,14-,15-,16+,17+/m0/s1. The van der Waals surface area contributed by atoms with E-state index in [9.17, 15) is 38.5 Å². The van der Waals surface area contributed by atoms with E-state index in [-0.39, 0.29) is 19.1 Å². The molecule has 0 aromatic heterocycles. The second kappa shape index (κ2) is 13.0. The van der Waals surface area contributed by atoms with Gasteiger partial charge in [0.1, 0.15) is 36.5 Å². The van der Waals surface area contributed by atoms with Crippen LogP contribution in [0.25, 0.3) is 0 Å². The molecule has 15 heteroatoms. The summed E-state index contributed by atoms with van der Waals surface area (Å²) in [6, 6.07) is -2.53. The molecule has 36 heavy (non-hydrogen) atoms. The molecule has 2 amide bonds. The van der Waals surface area contributed by atoms with Gasteiger partial charge >= 0.3 is 5.97 Å². The average molecular weight is 527 g/mol. The summed E-state index contributed by atoms with van der Waals surface area (Å²) < 4.78 is 34.0. The van der Waals surface area contributed by atoms with Crippen molar-refractivity contribution in [3.8, 4) is 0 Å². The second-order valence-electron chi connectivity index (χ2n) is 9.15. The molecule has 13 nitrogen and oxygen atoms in total. The third-order valence-electron chi connectivity index (χ3n) is 6.43. The van der Waals surface area contributed by atoms with Crippen LogP contribution in [0, 0.1) is 0 Å². The molecule has 2 aliphatic heterocycles. The van der Waals surface area contributed by atoms with Gasteiger partial charge in [-0.25, -0.2) is 8.78 Å². The summed E-state index contributed by atoms with van der Waals surface area (Å²) in [4.78, 5) is 37.0. The summed E-state index contributed by atoms with van der Waals surface area (Å²) in [6.45, 7) is 1.39. The molecule has 0 bridgehead atoms. The minimum atomic E-state index is -3.60. The van der Waals surface area contributed by atoms with Crippen molar-refractivity contribution in [3.05, 3.63) is 0 Å². The third-order valence-corrected chi connectivity index (χ3v) is 6.43. The van der Waals surface area contributed by atoms with Crippen LogP contribution in [0.2, 0.25) is 0 Å². The van der Waals surface area contributed by atoms with Crippen molar-refractivity contribution < 1.29 is 53.4 Å². The number of carbonyl (C=O) groups is 3. The highest BCUT2D eigenvalue weighted by Crippen LogP contribution is 2.31. The minimum Gasteiger partial charge on any atom is -0.480 e. The van der Waals surface area contributed by atoms with Crippen molar-refractivity contribution in [3.63, 3.8) is 0 Å². The van der Waals surface area contributed by atoms with Crippen molar-refractivity contribution >= 4 is 17.8 Å². The van der Waals surface area contributed by atoms with Gasteiger partial charge in [-0.1, -0.05) is 6.42 Å². The summed E-state index contributed by atoms with van der Waals surface area (Å²) in [5.74, 6) is -5.71. The van der Waals surface area contributed by atoms with Crippen LogP contribution in [-0.4, -0.2) is 129 Å². The number of hydrogen-bond donors (Lipinski definition) is 8. The summed E-state index contributed by atoms with van der Waals surface area (Å²) >= 11 is 0. The number of carboxylic acid groups (broad SMARTS) is 1. The van der Waals surface area contributed by atoms with Gasteiger partial charge in [-0.3, -0.25) is 19.7 Å². The van der Waals surface area contributed by atoms with E-state index in [0.717, 1.165) is 0 Å². The lowest BCUT2D eigenvalue weighted by Gasteiger charge is -2.42. The van der Waals surface area contributed by atoms with Crippen molar-refractivity contribution in [2.24, 2.45) is 0 Å². The molecule has 208 valence electrons. The summed E-state index contributed by atoms with van der Waals surface area (Å²) in [5, 5.41) is 55.2. The molecule has 2 rings (SSSR count). The molecule has 2 aliphatic rings. The predicted octanol–water partition coefficient (Wildman–Crippen LogP) is -3.04. The highest BCUT2D eigenvalue weighted by Gasteiger charge is 2.54. The zero-order valence-electron chi connectivity index (χ0n) is 20.1. The number of carboxylic acids is 1. The Labute approximate surface area is 206 Å². The van der Waals surface area contributed by atoms with Crippen LogP contribution in [0.5, 0.6) is 0 Å². The van der Waals surface area contributed by atoms with Crippen LogP contribution >= 0.6 is 0 Å². The van der Waals surface area contributed by atoms with Crippen LogP contribution in [0.1, 0.15) is 33.1 Å². The van der Waals surface area contributed by atoms with Crippen LogP contribution < -0.4 is 16.0 Å². The van der Waals surface area contributed by atoms with Crippen LogP contribution in [0.4, 0.5) is 8.78 Å². The fourth-order valence-corrected chi connectivity index (χ4v) is 4.07. The van der Waals surface area contributed by atoms with E-state index in [1.165, 1.54) is 18.7 Å². The highest BCUT2D eigenvalue weighted by molar-refractivity contribution is 5.92. The Hall–Kier alpha value is -2.01. The van der Waals surface area contributed by atoms with E-state index < -0.39 is 79.6 Å². The first kappa shape index (κ1) is 30.2. The molecule has 0 spiro atoms. The predicted molar refractivity (Wildman–Crippen MR) is 119 cm³/mol. The number of amides is 2. The monoisotopic (exact) mass is 526 g/mol. The summed E-state index contributed by atoms with van der Waals surface area (Å²) in [7, 11) is 0. The molecule has 2 heterocycles. The number of alkyl halides is 2. The molecular formula is C21H36F2N4O9. The third kappa shape index (κ3) is 7.27. The molecule has 0 aromatic rings. The molecule has 0 aliphatic carbocycles. The fraction of sp³-hybridized carbons (Fsp3) is 0.857. The lowest BCUT2D eigenvalue weighted by atomic mass is 9.92. The van der Waals surface area contributed by atoms with Crippen LogP contribution in [0.3, 0.4) is 0 Å². The normalized spacial score (nSPS) is 30.8. The van der Waals surface area contributed by atoms with E-state index in [1.54, 1.807) is 0 Å². The molecule has 2 fully saturated rings. The van der Waals surface area contributed by atoms with Gasteiger partial charge in [-0.2, -0.15) is 0 Å². The van der Waals surface area contributed by atoms with Gasteiger partial charge in [-0.05, 0) is 33.2 Å². The van der Waals surface area contributed by atoms with Gasteiger partial charge in [0.05, 0.1) is 25.9 Å². The Morgan fingerprint density at radius 2 is 1.86 bits per heavy atom. The molecule has 8 atom stereocenters. The maximum absolute atomic E-state index is 14.5. The number of aliphatic hydroxyl groups is 4. The fourth-order valence-electron chi connectivity index (χ4n) is 4.07. The number of aliphatic carboxylic acids is 1. The molecule has 0 unspecified atom stereocenters. The lowest BCUT2D eigenvalue weighted by Crippen LogP contribution is -2.64. The van der Waals surface area contributed by atoms with Gasteiger partial charge in [0.15, 0.2) is 6.10 Å². The number of rotatable bonds is 13. The van der Waals surface area contributed by atoms with Crippen molar-refractivity contribution in [2.45, 2.75) is 87.7 Å². The number of hydrogen-bond acceptors (Lipinski definition) is 10. The van der Waals surface area contributed by atoms with E-state index in [4.69, 9.17) is 14.9 Å². The largest absolute Gasteiger partial charge is 0.480 e. The number of halogens is 2. The van der Waals surface area contributed by atoms with Gasteiger partial charge < -0.3 is 45.8 Å². The first-order valence-electron chi connectivity index (χ1n) is 11.8. The van der Waals surface area contributed by atoms with Crippen molar-refractivity contribution in [1.82, 2.24) is 20.9 Å². The average Bonchev–Trinajstić information content (AvgIpc) is 3.19. The van der Waals surface area contributed by atoms with Crippen molar-refractivity contribution in [2.75, 3.05) is 26.4 Å². The number of nitrogens with one attached hydrogen (secondary N) is 3. The Morgan fingerprint density at radius 1 is 1.19 bits per heavy atom. The van der Waals surface area contributed by atoms with E-state index in [1.807, 2.05) is 0 Å². The molecule has 0 aromatic carbocycles. The number of ether oxygens (including phenoxy) is 1. The summed E-state index contributed by atoms with van der Waals surface area (Å²) in [6.07, 6.45) is -7.89. The molecule has 0 radical (unpaired) electrons. The molecule has 8 N–H and O–H groups in total. The first-order chi connectivity index (χ1) is 16.8. The van der Waals surface area contributed by atoms with E-state index >= 15 is 0 Å². The zero-order chi connectivity index (χ0) is 27.2. The Bertz CT molecular complexity index is 776. The van der Waals surface area contributed by atoms with Gasteiger partial charge in [-0.15, -0.1) is 0 Å². The first-order valence-corrected chi connectivity index (χ1v) is 11.8. The number of aliphatic hydroxyl groups excluding tert-OH is 4. The Balaban J connectivity index is 1.72. The summed E-state index contributed by atoms with van der Waals surface area (Å²) in [5.41, 5.74) is 0. The molecular weight excluding hydrogens is 490 g/mol. The van der Waals surface area contributed by atoms with Gasteiger partial charge in [0.25, 0.3) is 5.92 Å². The second-order valence-corrected chi connectivity index (χ2v) is 9.15. The highest BCUT2D eigenvalue weighted by atomic mass is 19.3. The topological polar surface area (TPSA) is 201 Å². The zero-order valence-corrected chi connectivity index (χ0v) is 20.1. The minimum absolute atomic E-state index is 0.114. The number of unbranched alkanes of at least 4 members (excludes halogenated alkanes) is 1. The van der Waals surface area contributed by atoms with E-state index in [2.05, 4.69) is 16.0 Å².